The van der Waals surface area contributed by atoms with Crippen molar-refractivity contribution in [1.82, 2.24) is 0 Å². The van der Waals surface area contributed by atoms with E-state index in [9.17, 15) is 4.79 Å². The highest BCUT2D eigenvalue weighted by molar-refractivity contribution is 6.31. The Kier molecular flexibility index (Phi) is 3.53. The quantitative estimate of drug-likeness (QED) is 0.845. The Morgan fingerprint density at radius 3 is 2.80 bits per heavy atom. The van der Waals surface area contributed by atoms with Crippen molar-refractivity contribution in [3.8, 4) is 11.8 Å². The van der Waals surface area contributed by atoms with Crippen LogP contribution in [-0.2, 0) is 4.79 Å². The minimum absolute atomic E-state index is 0.284. The van der Waals surface area contributed by atoms with Gasteiger partial charge in [0.05, 0.1) is 10.6 Å². The van der Waals surface area contributed by atoms with E-state index in [1.165, 1.54) is 19.1 Å². The molecule has 0 heterocycles. The van der Waals surface area contributed by atoms with Gasteiger partial charge in [-0.05, 0) is 19.1 Å². The number of primary amides is 1. The van der Waals surface area contributed by atoms with Gasteiger partial charge in [0.2, 0.25) is 0 Å². The van der Waals surface area contributed by atoms with Crippen LogP contribution in [0.5, 0.6) is 5.75 Å². The Bertz CT molecular complexity index is 426. The Balaban J connectivity index is 2.85. The number of rotatable bonds is 3. The number of benzene rings is 1. The molecule has 2 N–H and O–H groups in total. The first kappa shape index (κ1) is 11.3. The van der Waals surface area contributed by atoms with Crippen molar-refractivity contribution < 1.29 is 9.53 Å². The first-order valence-electron chi connectivity index (χ1n) is 4.20. The number of nitriles is 1. The first-order valence-corrected chi connectivity index (χ1v) is 4.58. The number of nitrogens with two attached hydrogens (primary N) is 1. The maximum Gasteiger partial charge on any atom is 0.258 e. The molecule has 1 atom stereocenters. The molecule has 1 amide bonds. The molecule has 1 unspecified atom stereocenters. The molecular formula is C10H9ClN2O2. The van der Waals surface area contributed by atoms with Crippen LogP contribution in [0.2, 0.25) is 5.02 Å². The topological polar surface area (TPSA) is 76.1 Å². The molecule has 4 nitrogen and oxygen atoms in total. The predicted molar refractivity (Wildman–Crippen MR) is 55.5 cm³/mol. The van der Waals surface area contributed by atoms with Crippen LogP contribution in [0.3, 0.4) is 0 Å². The third-order valence-electron chi connectivity index (χ3n) is 1.77. The van der Waals surface area contributed by atoms with Gasteiger partial charge < -0.3 is 10.5 Å². The maximum atomic E-state index is 10.7. The average molecular weight is 225 g/mol. The van der Waals surface area contributed by atoms with Crippen LogP contribution in [-0.4, -0.2) is 12.0 Å². The zero-order valence-corrected chi connectivity index (χ0v) is 8.78. The fourth-order valence-corrected chi connectivity index (χ4v) is 1.13. The van der Waals surface area contributed by atoms with Gasteiger partial charge in [-0.1, -0.05) is 11.6 Å². The molecule has 1 rings (SSSR count). The van der Waals surface area contributed by atoms with Gasteiger partial charge in [0.1, 0.15) is 11.8 Å². The summed E-state index contributed by atoms with van der Waals surface area (Å²) in [6.45, 7) is 1.54. The molecule has 0 aromatic heterocycles. The van der Waals surface area contributed by atoms with Crippen LogP contribution in [0, 0.1) is 11.3 Å². The summed E-state index contributed by atoms with van der Waals surface area (Å²) in [4.78, 5) is 10.7. The number of carbonyl (C=O) groups is 1. The third kappa shape index (κ3) is 2.86. The molecule has 0 aliphatic heterocycles. The van der Waals surface area contributed by atoms with Crippen molar-refractivity contribution in [2.45, 2.75) is 13.0 Å². The van der Waals surface area contributed by atoms with Gasteiger partial charge in [-0.15, -0.1) is 0 Å². The number of hydrogen-bond acceptors (Lipinski definition) is 3. The number of ether oxygens (including phenoxy) is 1. The zero-order valence-electron chi connectivity index (χ0n) is 8.03. The lowest BCUT2D eigenvalue weighted by Crippen LogP contribution is -2.30. The van der Waals surface area contributed by atoms with Crippen molar-refractivity contribution in [2.24, 2.45) is 5.73 Å². The molecule has 0 aliphatic carbocycles. The Morgan fingerprint density at radius 1 is 1.67 bits per heavy atom. The second-order valence-electron chi connectivity index (χ2n) is 2.92. The van der Waals surface area contributed by atoms with Crippen molar-refractivity contribution in [1.29, 1.82) is 5.26 Å². The van der Waals surface area contributed by atoms with Gasteiger partial charge in [0.25, 0.3) is 5.91 Å². The zero-order chi connectivity index (χ0) is 11.4. The lowest BCUT2D eigenvalue weighted by Gasteiger charge is -2.11. The second-order valence-corrected chi connectivity index (χ2v) is 3.32. The van der Waals surface area contributed by atoms with Crippen molar-refractivity contribution in [3.05, 3.63) is 28.8 Å². The summed E-state index contributed by atoms with van der Waals surface area (Å²) >= 11 is 5.77. The summed E-state index contributed by atoms with van der Waals surface area (Å²) in [5, 5.41) is 8.91. The van der Waals surface area contributed by atoms with Crippen LogP contribution in [0.15, 0.2) is 18.2 Å². The van der Waals surface area contributed by atoms with Crippen LogP contribution in [0.1, 0.15) is 12.5 Å². The SMILES string of the molecule is CC(Oc1ccc(C#N)c(Cl)c1)C(N)=O. The molecule has 5 heteroatoms. The highest BCUT2D eigenvalue weighted by Crippen LogP contribution is 2.22. The van der Waals surface area contributed by atoms with E-state index in [2.05, 4.69) is 0 Å². The largest absolute Gasteiger partial charge is 0.481 e. The van der Waals surface area contributed by atoms with Crippen LogP contribution in [0.4, 0.5) is 0 Å². The number of hydrogen-bond donors (Lipinski definition) is 1. The van der Waals surface area contributed by atoms with Gasteiger partial charge in [0, 0.05) is 6.07 Å². The molecule has 0 radical (unpaired) electrons. The lowest BCUT2D eigenvalue weighted by atomic mass is 10.2. The van der Waals surface area contributed by atoms with Gasteiger partial charge in [0.15, 0.2) is 6.10 Å². The minimum atomic E-state index is -0.728. The fourth-order valence-electron chi connectivity index (χ4n) is 0.922. The van der Waals surface area contributed by atoms with Gasteiger partial charge >= 0.3 is 0 Å². The summed E-state index contributed by atoms with van der Waals surface area (Å²) in [7, 11) is 0. The van der Waals surface area contributed by atoms with Crippen molar-refractivity contribution in [2.75, 3.05) is 0 Å². The van der Waals surface area contributed by atoms with Crippen LogP contribution < -0.4 is 10.5 Å². The van der Waals surface area contributed by atoms with E-state index in [4.69, 9.17) is 27.3 Å². The molecular weight excluding hydrogens is 216 g/mol. The van der Waals surface area contributed by atoms with Gasteiger partial charge in [-0.3, -0.25) is 4.79 Å². The molecule has 0 aliphatic rings. The van der Waals surface area contributed by atoms with Crippen molar-refractivity contribution >= 4 is 17.5 Å². The number of carbonyl (C=O) groups excluding carboxylic acids is 1. The minimum Gasteiger partial charge on any atom is -0.481 e. The van der Waals surface area contributed by atoms with Crippen LogP contribution in [0.25, 0.3) is 0 Å². The Labute approximate surface area is 92.2 Å². The lowest BCUT2D eigenvalue weighted by molar-refractivity contribution is -0.123. The Hall–Kier alpha value is -1.73. The maximum absolute atomic E-state index is 10.7. The van der Waals surface area contributed by atoms with E-state index in [-0.39, 0.29) is 5.02 Å². The van der Waals surface area contributed by atoms with Crippen molar-refractivity contribution in [3.63, 3.8) is 0 Å². The molecule has 0 saturated heterocycles. The monoisotopic (exact) mass is 224 g/mol. The standard InChI is InChI=1S/C10H9ClN2O2/c1-6(10(13)14)15-8-3-2-7(5-12)9(11)4-8/h2-4,6H,1H3,(H2,13,14). The van der Waals surface area contributed by atoms with Gasteiger partial charge in [-0.2, -0.15) is 5.26 Å². The molecule has 1 aromatic rings. The van der Waals surface area contributed by atoms with E-state index in [1.54, 1.807) is 6.07 Å². The summed E-state index contributed by atoms with van der Waals surface area (Å²) in [6.07, 6.45) is -0.728. The number of amides is 1. The summed E-state index contributed by atoms with van der Waals surface area (Å²) in [5.74, 6) is -0.152. The highest BCUT2D eigenvalue weighted by Gasteiger charge is 2.11. The summed E-state index contributed by atoms with van der Waals surface area (Å²) < 4.78 is 5.19. The molecule has 0 spiro atoms. The van der Waals surface area contributed by atoms with Gasteiger partial charge in [-0.25, -0.2) is 0 Å². The average Bonchev–Trinajstić information content (AvgIpc) is 2.18. The van der Waals surface area contributed by atoms with E-state index in [0.29, 0.717) is 11.3 Å². The normalized spacial score (nSPS) is 11.5. The molecule has 0 saturated carbocycles. The molecule has 15 heavy (non-hydrogen) atoms. The van der Waals surface area contributed by atoms with E-state index in [0.717, 1.165) is 0 Å². The number of halogens is 1. The smallest absolute Gasteiger partial charge is 0.258 e. The first-order chi connectivity index (χ1) is 7.04. The summed E-state index contributed by atoms with van der Waals surface area (Å²) in [5.41, 5.74) is 5.39. The number of nitrogens with zero attached hydrogens (tertiary/aromatic N) is 1. The fraction of sp³-hybridized carbons (Fsp3) is 0.200. The van der Waals surface area contributed by atoms with E-state index < -0.39 is 12.0 Å². The molecule has 78 valence electrons. The predicted octanol–water partition coefficient (Wildman–Crippen LogP) is 1.46. The Morgan fingerprint density at radius 2 is 2.33 bits per heavy atom. The van der Waals surface area contributed by atoms with Crippen LogP contribution >= 0.6 is 11.6 Å². The summed E-state index contributed by atoms with van der Waals surface area (Å²) in [6, 6.07) is 6.47. The molecule has 1 aromatic carbocycles. The molecule has 0 bridgehead atoms. The molecule has 0 fully saturated rings. The van der Waals surface area contributed by atoms with E-state index >= 15 is 0 Å². The second kappa shape index (κ2) is 4.67. The van der Waals surface area contributed by atoms with E-state index in [1.807, 2.05) is 6.07 Å². The highest BCUT2D eigenvalue weighted by atomic mass is 35.5. The third-order valence-corrected chi connectivity index (χ3v) is 2.09.